The summed E-state index contributed by atoms with van der Waals surface area (Å²) in [4.78, 5) is 12.0. The van der Waals surface area contributed by atoms with Crippen LogP contribution in [0.3, 0.4) is 0 Å². The Bertz CT molecular complexity index is 389. The first-order chi connectivity index (χ1) is 8.22. The van der Waals surface area contributed by atoms with Gasteiger partial charge in [0.1, 0.15) is 5.82 Å². The van der Waals surface area contributed by atoms with Crippen molar-refractivity contribution in [2.45, 2.75) is 26.8 Å². The number of rotatable bonds is 5. The Labute approximate surface area is 114 Å². The van der Waals surface area contributed by atoms with Crippen LogP contribution in [0.4, 0.5) is 5.82 Å². The van der Waals surface area contributed by atoms with Crippen molar-refractivity contribution in [3.05, 3.63) is 12.3 Å². The highest BCUT2D eigenvalue weighted by molar-refractivity contribution is 5.91. The molecule has 0 radical (unpaired) electrons. The van der Waals surface area contributed by atoms with Gasteiger partial charge in [-0.25, -0.2) is 4.68 Å². The molecule has 1 aromatic heterocycles. The molecule has 1 amide bonds. The number of carbonyl (C=O) groups excluding carboxylic acids is 1. The molecule has 1 fully saturated rings. The molecule has 2 rings (SSSR count). The van der Waals surface area contributed by atoms with Gasteiger partial charge >= 0.3 is 0 Å². The first-order valence-electron chi connectivity index (χ1n) is 6.25. The Kier molecular flexibility index (Phi) is 5.62. The number of amides is 1. The van der Waals surface area contributed by atoms with Gasteiger partial charge in [0.05, 0.1) is 6.20 Å². The fourth-order valence-electron chi connectivity index (χ4n) is 1.95. The Morgan fingerprint density at radius 1 is 1.67 bits per heavy atom. The lowest BCUT2D eigenvalue weighted by Gasteiger charge is -2.31. The van der Waals surface area contributed by atoms with Crippen LogP contribution < -0.4 is 10.6 Å². The lowest BCUT2D eigenvalue weighted by molar-refractivity contribution is -0.121. The van der Waals surface area contributed by atoms with Crippen LogP contribution in [-0.4, -0.2) is 28.8 Å². The number of nitrogens with zero attached hydrogens (tertiary/aromatic N) is 2. The highest BCUT2D eigenvalue weighted by Crippen LogP contribution is 2.18. The van der Waals surface area contributed by atoms with Gasteiger partial charge in [-0.1, -0.05) is 13.8 Å². The van der Waals surface area contributed by atoms with Gasteiger partial charge in [0, 0.05) is 18.5 Å². The molecule has 1 aromatic rings. The third-order valence-electron chi connectivity index (χ3n) is 3.34. The van der Waals surface area contributed by atoms with E-state index in [-0.39, 0.29) is 24.2 Å². The van der Waals surface area contributed by atoms with Crippen molar-refractivity contribution in [1.82, 2.24) is 15.1 Å². The molecule has 1 aliphatic heterocycles. The third kappa shape index (κ3) is 3.23. The molecule has 5 nitrogen and oxygen atoms in total. The Morgan fingerprint density at radius 3 is 2.94 bits per heavy atom. The average molecular weight is 273 g/mol. The van der Waals surface area contributed by atoms with Crippen molar-refractivity contribution in [2.24, 2.45) is 11.8 Å². The van der Waals surface area contributed by atoms with E-state index in [0.717, 1.165) is 31.9 Å². The van der Waals surface area contributed by atoms with Crippen molar-refractivity contribution in [2.75, 3.05) is 18.4 Å². The van der Waals surface area contributed by atoms with Gasteiger partial charge in [-0.15, -0.1) is 12.4 Å². The van der Waals surface area contributed by atoms with Crippen LogP contribution in [0.15, 0.2) is 12.3 Å². The number of nitrogens with one attached hydrogen (secondary N) is 2. The van der Waals surface area contributed by atoms with Gasteiger partial charge in [0.15, 0.2) is 0 Å². The number of hydrogen-bond acceptors (Lipinski definition) is 3. The monoisotopic (exact) mass is 272 g/mol. The van der Waals surface area contributed by atoms with E-state index in [0.29, 0.717) is 5.92 Å². The highest BCUT2D eigenvalue weighted by Gasteiger charge is 2.28. The minimum Gasteiger partial charge on any atom is -0.316 e. The predicted octanol–water partition coefficient (Wildman–Crippen LogP) is 1.51. The largest absolute Gasteiger partial charge is 0.316 e. The molecule has 6 heteroatoms. The lowest BCUT2D eigenvalue weighted by Crippen LogP contribution is -2.48. The molecule has 1 atom stereocenters. The van der Waals surface area contributed by atoms with E-state index in [9.17, 15) is 4.79 Å². The molecular formula is C12H21ClN4O. The van der Waals surface area contributed by atoms with Crippen LogP contribution in [0.5, 0.6) is 0 Å². The fourth-order valence-corrected chi connectivity index (χ4v) is 1.95. The molecule has 0 bridgehead atoms. The van der Waals surface area contributed by atoms with Gasteiger partial charge in [-0.2, -0.15) is 5.10 Å². The molecular weight excluding hydrogens is 252 g/mol. The fraction of sp³-hybridized carbons (Fsp3) is 0.667. The van der Waals surface area contributed by atoms with Crippen molar-refractivity contribution in [3.8, 4) is 0 Å². The number of aromatic nitrogens is 2. The smallest absolute Gasteiger partial charge is 0.228 e. The predicted molar refractivity (Wildman–Crippen MR) is 73.9 cm³/mol. The van der Waals surface area contributed by atoms with E-state index in [1.807, 2.05) is 17.7 Å². The summed E-state index contributed by atoms with van der Waals surface area (Å²) < 4.78 is 1.84. The van der Waals surface area contributed by atoms with Crippen LogP contribution in [0.2, 0.25) is 0 Å². The van der Waals surface area contributed by atoms with Gasteiger partial charge in [-0.05, 0) is 25.4 Å². The van der Waals surface area contributed by atoms with Crippen molar-refractivity contribution in [1.29, 1.82) is 0 Å². The van der Waals surface area contributed by atoms with Crippen LogP contribution >= 0.6 is 12.4 Å². The summed E-state index contributed by atoms with van der Waals surface area (Å²) in [5.41, 5.74) is 0. The summed E-state index contributed by atoms with van der Waals surface area (Å²) in [5.74, 6) is 1.42. The van der Waals surface area contributed by atoms with Crippen LogP contribution in [-0.2, 0) is 11.3 Å². The molecule has 1 aliphatic rings. The molecule has 0 saturated carbocycles. The quantitative estimate of drug-likeness (QED) is 0.854. The summed E-state index contributed by atoms with van der Waals surface area (Å²) in [7, 11) is 0. The summed E-state index contributed by atoms with van der Waals surface area (Å²) in [6.45, 7) is 6.81. The summed E-state index contributed by atoms with van der Waals surface area (Å²) in [6.07, 6.45) is 2.73. The van der Waals surface area contributed by atoms with Crippen molar-refractivity contribution < 1.29 is 4.79 Å². The van der Waals surface area contributed by atoms with Gasteiger partial charge < -0.3 is 10.6 Å². The van der Waals surface area contributed by atoms with E-state index in [2.05, 4.69) is 22.7 Å². The molecule has 102 valence electrons. The lowest BCUT2D eigenvalue weighted by atomic mass is 9.88. The molecule has 2 heterocycles. The number of halogens is 1. The van der Waals surface area contributed by atoms with Crippen molar-refractivity contribution >= 4 is 24.1 Å². The van der Waals surface area contributed by atoms with E-state index in [1.165, 1.54) is 0 Å². The third-order valence-corrected chi connectivity index (χ3v) is 3.34. The zero-order valence-corrected chi connectivity index (χ0v) is 11.7. The van der Waals surface area contributed by atoms with Crippen LogP contribution in [0.1, 0.15) is 20.3 Å². The van der Waals surface area contributed by atoms with E-state index < -0.39 is 0 Å². The molecule has 0 aromatic carbocycles. The number of anilines is 1. The molecule has 2 N–H and O–H groups in total. The number of hydrogen-bond donors (Lipinski definition) is 2. The van der Waals surface area contributed by atoms with Gasteiger partial charge in [-0.3, -0.25) is 4.79 Å². The van der Waals surface area contributed by atoms with E-state index >= 15 is 0 Å². The maximum atomic E-state index is 12.0. The van der Waals surface area contributed by atoms with Crippen molar-refractivity contribution in [3.63, 3.8) is 0 Å². The van der Waals surface area contributed by atoms with Gasteiger partial charge in [0.2, 0.25) is 5.91 Å². The Balaban J connectivity index is 0.00000162. The maximum Gasteiger partial charge on any atom is 0.228 e. The van der Waals surface area contributed by atoms with E-state index in [1.54, 1.807) is 6.20 Å². The van der Waals surface area contributed by atoms with Crippen LogP contribution in [0.25, 0.3) is 0 Å². The molecule has 1 saturated heterocycles. The topological polar surface area (TPSA) is 59.0 Å². The molecule has 1 unspecified atom stereocenters. The minimum atomic E-state index is 0. The van der Waals surface area contributed by atoms with Gasteiger partial charge in [0.25, 0.3) is 0 Å². The average Bonchev–Trinajstić information content (AvgIpc) is 2.64. The normalized spacial score (nSPS) is 16.6. The standard InChI is InChI=1S/C12H20N4O.ClH/c1-3-6-16-11(4-5-14-16)15-12(17)9(2)10-7-13-8-10;/h4-5,9-10,13H,3,6-8H2,1-2H3,(H,15,17);1H. The summed E-state index contributed by atoms with van der Waals surface area (Å²) >= 11 is 0. The Hall–Kier alpha value is -1.07. The second-order valence-corrected chi connectivity index (χ2v) is 4.64. The zero-order valence-electron chi connectivity index (χ0n) is 10.8. The number of carbonyl (C=O) groups is 1. The highest BCUT2D eigenvalue weighted by atomic mass is 35.5. The Morgan fingerprint density at radius 2 is 2.39 bits per heavy atom. The molecule has 0 aliphatic carbocycles. The zero-order chi connectivity index (χ0) is 12.3. The van der Waals surface area contributed by atoms with E-state index in [4.69, 9.17) is 0 Å². The molecule has 18 heavy (non-hydrogen) atoms. The summed E-state index contributed by atoms with van der Waals surface area (Å²) in [6, 6.07) is 1.85. The second kappa shape index (κ2) is 6.75. The maximum absolute atomic E-state index is 12.0. The minimum absolute atomic E-state index is 0. The SMILES string of the molecule is CCCn1nccc1NC(=O)C(C)C1CNC1.Cl. The first kappa shape index (κ1) is 15.0. The molecule has 0 spiro atoms. The van der Waals surface area contributed by atoms with Crippen LogP contribution in [0, 0.1) is 11.8 Å². The second-order valence-electron chi connectivity index (χ2n) is 4.64. The summed E-state index contributed by atoms with van der Waals surface area (Å²) in [5, 5.41) is 10.3. The number of aryl methyl sites for hydroxylation is 1. The first-order valence-corrected chi connectivity index (χ1v) is 6.25.